The Morgan fingerprint density at radius 1 is 0.730 bits per heavy atom. The van der Waals surface area contributed by atoms with E-state index in [0.717, 1.165) is 6.42 Å². The molecule has 0 heterocycles. The minimum Gasteiger partial charge on any atom is -0.465 e. The van der Waals surface area contributed by atoms with Gasteiger partial charge >= 0.3 is 23.9 Å². The molecule has 0 aromatic heterocycles. The van der Waals surface area contributed by atoms with E-state index in [2.05, 4.69) is 6.08 Å². The van der Waals surface area contributed by atoms with Gasteiger partial charge in [0.1, 0.15) is 31.8 Å². The van der Waals surface area contributed by atoms with Gasteiger partial charge in [0.05, 0.1) is 11.1 Å². The molecule has 2 atom stereocenters. The fourth-order valence-corrected chi connectivity index (χ4v) is 3.99. The summed E-state index contributed by atoms with van der Waals surface area (Å²) in [5, 5.41) is 0. The molecular weight excluding hydrogens is 476 g/mol. The Hall–Kier alpha value is -4.20. The molecule has 0 spiro atoms. The number of carbonyl (C=O) groups excluding carboxylic acids is 4. The lowest BCUT2D eigenvalue weighted by atomic mass is 9.92. The van der Waals surface area contributed by atoms with E-state index in [9.17, 15) is 19.2 Å². The molecule has 4 rings (SSSR count). The van der Waals surface area contributed by atoms with E-state index >= 15 is 0 Å². The number of rotatable bonds is 11. The maximum atomic E-state index is 12.9. The van der Waals surface area contributed by atoms with Gasteiger partial charge in [0.25, 0.3) is 0 Å². The second-order valence-electron chi connectivity index (χ2n) is 9.25. The van der Waals surface area contributed by atoms with E-state index in [1.165, 1.54) is 6.92 Å². The molecule has 0 amide bonds. The summed E-state index contributed by atoms with van der Waals surface area (Å²) in [5.41, 5.74) is -0.122. The summed E-state index contributed by atoms with van der Waals surface area (Å²) < 4.78 is 22.0. The first-order chi connectivity index (χ1) is 17.9. The summed E-state index contributed by atoms with van der Waals surface area (Å²) in [6.07, 6.45) is 6.51. The lowest BCUT2D eigenvalue weighted by Gasteiger charge is -2.31. The highest BCUT2D eigenvalue weighted by Gasteiger charge is 2.44. The Morgan fingerprint density at radius 3 is 1.73 bits per heavy atom. The molecule has 1 unspecified atom stereocenters. The largest absolute Gasteiger partial charge is 0.465 e. The Labute approximate surface area is 214 Å². The van der Waals surface area contributed by atoms with Crippen LogP contribution < -0.4 is 0 Å². The number of ether oxygens (including phenoxy) is 4. The first kappa shape index (κ1) is 25.9. The molecule has 0 aliphatic heterocycles. The molecule has 1 saturated carbocycles. The molecule has 0 bridgehead atoms. The molecule has 37 heavy (non-hydrogen) atoms. The quantitative estimate of drug-likeness (QED) is 0.335. The highest BCUT2D eigenvalue weighted by Crippen LogP contribution is 2.47. The van der Waals surface area contributed by atoms with Crippen molar-refractivity contribution in [1.29, 1.82) is 0 Å². The van der Waals surface area contributed by atoms with E-state index in [0.29, 0.717) is 22.6 Å². The van der Waals surface area contributed by atoms with Crippen molar-refractivity contribution in [3.05, 3.63) is 95.6 Å². The summed E-state index contributed by atoms with van der Waals surface area (Å²) >= 11 is 0. The van der Waals surface area contributed by atoms with Gasteiger partial charge in [-0.3, -0.25) is 4.79 Å². The van der Waals surface area contributed by atoms with Gasteiger partial charge in [-0.05, 0) is 42.5 Å². The van der Waals surface area contributed by atoms with Crippen molar-refractivity contribution in [3.63, 3.8) is 0 Å². The van der Waals surface area contributed by atoms with Crippen LogP contribution in [0.5, 0.6) is 0 Å². The number of carbonyl (C=O) groups is 4. The van der Waals surface area contributed by atoms with Gasteiger partial charge in [0.2, 0.25) is 0 Å². The zero-order valence-corrected chi connectivity index (χ0v) is 20.5. The molecule has 8 nitrogen and oxygen atoms in total. The fraction of sp³-hybridized carbons (Fsp3) is 0.310. The molecule has 2 aromatic rings. The third-order valence-corrected chi connectivity index (χ3v) is 6.24. The zero-order chi connectivity index (χ0) is 26.3. The van der Waals surface area contributed by atoms with Crippen molar-refractivity contribution >= 4 is 23.9 Å². The second kappa shape index (κ2) is 11.7. The van der Waals surface area contributed by atoms with Gasteiger partial charge < -0.3 is 18.9 Å². The highest BCUT2D eigenvalue weighted by molar-refractivity contribution is 5.91. The van der Waals surface area contributed by atoms with Crippen LogP contribution in [0.1, 0.15) is 34.1 Å². The van der Waals surface area contributed by atoms with E-state index < -0.39 is 29.3 Å². The van der Waals surface area contributed by atoms with Crippen LogP contribution in [0.25, 0.3) is 0 Å². The molecule has 2 aliphatic carbocycles. The monoisotopic (exact) mass is 504 g/mol. The Bertz CT molecular complexity index is 1140. The Kier molecular flexibility index (Phi) is 8.18. The van der Waals surface area contributed by atoms with Gasteiger partial charge in [-0.15, -0.1) is 0 Å². The van der Waals surface area contributed by atoms with Crippen molar-refractivity contribution in [1.82, 2.24) is 0 Å². The minimum atomic E-state index is -1.33. The molecule has 2 aromatic carbocycles. The third kappa shape index (κ3) is 6.94. The highest BCUT2D eigenvalue weighted by atomic mass is 16.6. The minimum absolute atomic E-state index is 0.132. The molecule has 192 valence electrons. The lowest BCUT2D eigenvalue weighted by Crippen LogP contribution is -2.44. The van der Waals surface area contributed by atoms with Gasteiger partial charge in [0, 0.05) is 12.5 Å². The topological polar surface area (TPSA) is 105 Å². The summed E-state index contributed by atoms with van der Waals surface area (Å²) in [6, 6.07) is 16.7. The Morgan fingerprint density at radius 2 is 1.22 bits per heavy atom. The summed E-state index contributed by atoms with van der Waals surface area (Å²) in [4.78, 5) is 49.9. The van der Waals surface area contributed by atoms with Crippen molar-refractivity contribution in [3.8, 4) is 0 Å². The SMILES string of the molecule is CC(=O)OCC(COC(=O)C1=CC=CC2C[C@H]12)(COC(=O)c1ccccc1)COC(=O)c1ccccc1. The standard InChI is InChI=1S/C29H28O8/c1-20(30)34-16-29(17-35-26(31)21-9-4-2-5-10-21,18-36-27(32)22-11-6-3-7-12-22)19-37-28(33)24-14-8-13-23-15-25(23)24/h2-14,23,25H,15-19H2,1H3/t23?,25-/m0/s1. The van der Waals surface area contributed by atoms with E-state index in [1.807, 2.05) is 6.08 Å². The van der Waals surface area contributed by atoms with Crippen LogP contribution in [0.15, 0.2) is 84.5 Å². The maximum absolute atomic E-state index is 12.9. The van der Waals surface area contributed by atoms with Crippen LogP contribution in [0.2, 0.25) is 0 Å². The van der Waals surface area contributed by atoms with Crippen LogP contribution in [0.3, 0.4) is 0 Å². The van der Waals surface area contributed by atoms with Crippen LogP contribution in [-0.2, 0) is 28.5 Å². The average molecular weight is 505 g/mol. The van der Waals surface area contributed by atoms with Crippen LogP contribution in [0, 0.1) is 17.3 Å². The molecule has 0 N–H and O–H groups in total. The smallest absolute Gasteiger partial charge is 0.338 e. The molecule has 1 fully saturated rings. The number of esters is 4. The molecule has 8 heteroatoms. The Balaban J connectivity index is 1.52. The van der Waals surface area contributed by atoms with Crippen LogP contribution in [0.4, 0.5) is 0 Å². The van der Waals surface area contributed by atoms with Crippen molar-refractivity contribution < 1.29 is 38.1 Å². The number of hydrogen-bond donors (Lipinski definition) is 0. The molecule has 2 aliphatic rings. The van der Waals surface area contributed by atoms with E-state index in [1.54, 1.807) is 66.7 Å². The molecular formula is C29H28O8. The summed E-state index contributed by atoms with van der Waals surface area (Å²) in [6.45, 7) is -0.0235. The van der Waals surface area contributed by atoms with Crippen molar-refractivity contribution in [2.75, 3.05) is 26.4 Å². The van der Waals surface area contributed by atoms with Gasteiger partial charge in [-0.1, -0.05) is 54.6 Å². The summed E-state index contributed by atoms with van der Waals surface area (Å²) in [7, 11) is 0. The number of fused-ring (bicyclic) bond motifs is 1. The van der Waals surface area contributed by atoms with Crippen LogP contribution >= 0.6 is 0 Å². The molecule has 0 saturated heterocycles. The first-order valence-electron chi connectivity index (χ1n) is 12.0. The van der Waals surface area contributed by atoms with Gasteiger partial charge in [0.15, 0.2) is 0 Å². The van der Waals surface area contributed by atoms with E-state index in [4.69, 9.17) is 18.9 Å². The first-order valence-corrected chi connectivity index (χ1v) is 12.0. The fourth-order valence-electron chi connectivity index (χ4n) is 3.99. The van der Waals surface area contributed by atoms with E-state index in [-0.39, 0.29) is 32.3 Å². The van der Waals surface area contributed by atoms with Crippen molar-refractivity contribution in [2.45, 2.75) is 13.3 Å². The predicted octanol–water partition coefficient (Wildman–Crippen LogP) is 3.93. The number of hydrogen-bond acceptors (Lipinski definition) is 8. The maximum Gasteiger partial charge on any atom is 0.338 e. The second-order valence-corrected chi connectivity index (χ2v) is 9.25. The van der Waals surface area contributed by atoms with Gasteiger partial charge in [-0.2, -0.15) is 0 Å². The normalized spacial score (nSPS) is 17.6. The number of benzene rings is 2. The van der Waals surface area contributed by atoms with Crippen molar-refractivity contribution in [2.24, 2.45) is 17.3 Å². The van der Waals surface area contributed by atoms with Crippen LogP contribution in [-0.4, -0.2) is 50.3 Å². The average Bonchev–Trinajstić information content (AvgIpc) is 3.73. The zero-order valence-electron chi connectivity index (χ0n) is 20.5. The number of allylic oxidation sites excluding steroid dienone is 3. The molecule has 0 radical (unpaired) electrons. The summed E-state index contributed by atoms with van der Waals surface area (Å²) in [5.74, 6) is -1.85. The third-order valence-electron chi connectivity index (χ3n) is 6.24. The lowest BCUT2D eigenvalue weighted by molar-refractivity contribution is -0.155. The predicted molar refractivity (Wildman–Crippen MR) is 132 cm³/mol. The van der Waals surface area contributed by atoms with Gasteiger partial charge in [-0.25, -0.2) is 14.4 Å².